The first-order valence-corrected chi connectivity index (χ1v) is 5.83. The largest absolute Gasteiger partial charge is 0.496 e. The van der Waals surface area contributed by atoms with E-state index in [0.717, 1.165) is 30.6 Å². The molecule has 0 spiro atoms. The van der Waals surface area contributed by atoms with E-state index in [-0.39, 0.29) is 11.4 Å². The molecule has 3 heteroatoms. The van der Waals surface area contributed by atoms with Gasteiger partial charge in [0.05, 0.1) is 19.6 Å². The summed E-state index contributed by atoms with van der Waals surface area (Å²) >= 11 is 0. The summed E-state index contributed by atoms with van der Waals surface area (Å²) in [5.41, 5.74) is 2.02. The van der Waals surface area contributed by atoms with Crippen molar-refractivity contribution in [3.8, 4) is 5.75 Å². The molecule has 0 unspecified atom stereocenters. The second kappa shape index (κ2) is 4.40. The Morgan fingerprint density at radius 2 is 2.06 bits per heavy atom. The second-order valence-electron chi connectivity index (χ2n) is 4.75. The van der Waals surface area contributed by atoms with Gasteiger partial charge < -0.3 is 9.47 Å². The Kier molecular flexibility index (Phi) is 3.09. The molecular formula is C14H18O3. The molecule has 0 aliphatic heterocycles. The fraction of sp³-hybridized carbons (Fsp3) is 0.500. The van der Waals surface area contributed by atoms with Crippen molar-refractivity contribution < 1.29 is 14.3 Å². The molecule has 1 aromatic carbocycles. The molecule has 0 N–H and O–H groups in total. The summed E-state index contributed by atoms with van der Waals surface area (Å²) in [6.45, 7) is 2.01. The van der Waals surface area contributed by atoms with Gasteiger partial charge in [-0.25, -0.2) is 0 Å². The lowest BCUT2D eigenvalue weighted by molar-refractivity contribution is -0.147. The quantitative estimate of drug-likeness (QED) is 0.751. The zero-order valence-electron chi connectivity index (χ0n) is 10.6. The minimum absolute atomic E-state index is 0.0778. The summed E-state index contributed by atoms with van der Waals surface area (Å²) in [7, 11) is 3.13. The lowest BCUT2D eigenvalue weighted by Gasteiger charge is -2.13. The fourth-order valence-electron chi connectivity index (χ4n) is 2.26. The molecule has 0 heterocycles. The number of aryl methyl sites for hydroxylation is 1. The third-order valence-electron chi connectivity index (χ3n) is 3.47. The first-order chi connectivity index (χ1) is 8.11. The van der Waals surface area contributed by atoms with Gasteiger partial charge in [-0.15, -0.1) is 0 Å². The molecule has 0 atom stereocenters. The summed E-state index contributed by atoms with van der Waals surface area (Å²) in [6, 6.07) is 6.06. The molecular weight excluding hydrogens is 216 g/mol. The molecule has 2 rings (SSSR count). The molecule has 1 aliphatic carbocycles. The number of benzene rings is 1. The highest BCUT2D eigenvalue weighted by molar-refractivity contribution is 5.80. The van der Waals surface area contributed by atoms with Gasteiger partial charge >= 0.3 is 5.97 Å². The fourth-order valence-corrected chi connectivity index (χ4v) is 2.26. The average molecular weight is 234 g/mol. The van der Waals surface area contributed by atoms with Gasteiger partial charge in [-0.2, -0.15) is 0 Å². The van der Waals surface area contributed by atoms with Crippen LogP contribution in [0.25, 0.3) is 0 Å². The van der Waals surface area contributed by atoms with E-state index >= 15 is 0 Å². The zero-order valence-corrected chi connectivity index (χ0v) is 10.6. The first kappa shape index (κ1) is 12.0. The van der Waals surface area contributed by atoms with E-state index in [2.05, 4.69) is 6.07 Å². The predicted molar refractivity (Wildman–Crippen MR) is 65.1 cm³/mol. The van der Waals surface area contributed by atoms with Crippen LogP contribution in [0.2, 0.25) is 0 Å². The molecule has 1 aliphatic rings. The van der Waals surface area contributed by atoms with Crippen molar-refractivity contribution in [1.82, 2.24) is 0 Å². The number of rotatable bonds is 4. The number of methoxy groups -OCH3 is 2. The molecule has 0 aromatic heterocycles. The average Bonchev–Trinajstić information content (AvgIpc) is 3.09. The van der Waals surface area contributed by atoms with Gasteiger partial charge in [0, 0.05) is 0 Å². The normalized spacial score (nSPS) is 16.4. The van der Waals surface area contributed by atoms with Gasteiger partial charge in [-0.1, -0.05) is 12.1 Å². The summed E-state index contributed by atoms with van der Waals surface area (Å²) < 4.78 is 10.1. The molecule has 0 saturated heterocycles. The smallest absolute Gasteiger partial charge is 0.312 e. The third-order valence-corrected chi connectivity index (χ3v) is 3.47. The second-order valence-corrected chi connectivity index (χ2v) is 4.75. The first-order valence-electron chi connectivity index (χ1n) is 5.83. The summed E-state index contributed by atoms with van der Waals surface area (Å²) in [5.74, 6) is 0.808. The highest BCUT2D eigenvalue weighted by Crippen LogP contribution is 2.49. The van der Waals surface area contributed by atoms with Crippen LogP contribution in [0, 0.1) is 12.3 Å². The van der Waals surface area contributed by atoms with Crippen LogP contribution in [0.3, 0.4) is 0 Å². The molecule has 0 bridgehead atoms. The van der Waals surface area contributed by atoms with E-state index in [4.69, 9.17) is 9.47 Å². The molecule has 1 saturated carbocycles. The summed E-state index contributed by atoms with van der Waals surface area (Å²) in [5, 5.41) is 0. The Balaban J connectivity index is 2.14. The lowest BCUT2D eigenvalue weighted by atomic mass is 9.95. The standard InChI is InChI=1S/C14H18O3/c1-10-8-11(4-5-12(10)16-2)9-14(6-7-14)13(15)17-3/h4-5,8H,6-7,9H2,1-3H3. The van der Waals surface area contributed by atoms with E-state index in [1.54, 1.807) is 7.11 Å². The molecule has 1 fully saturated rings. The van der Waals surface area contributed by atoms with Crippen LogP contribution >= 0.6 is 0 Å². The molecule has 92 valence electrons. The van der Waals surface area contributed by atoms with E-state index < -0.39 is 0 Å². The van der Waals surface area contributed by atoms with Gasteiger partial charge in [0.25, 0.3) is 0 Å². The van der Waals surface area contributed by atoms with Crippen LogP contribution < -0.4 is 4.74 Å². The van der Waals surface area contributed by atoms with E-state index in [1.807, 2.05) is 19.1 Å². The third kappa shape index (κ3) is 2.28. The van der Waals surface area contributed by atoms with Crippen molar-refractivity contribution in [3.05, 3.63) is 29.3 Å². The predicted octanol–water partition coefficient (Wildman–Crippen LogP) is 2.50. The SMILES string of the molecule is COC(=O)C1(Cc2ccc(OC)c(C)c2)CC1. The van der Waals surface area contributed by atoms with Crippen LogP contribution in [0.1, 0.15) is 24.0 Å². The van der Waals surface area contributed by atoms with E-state index in [9.17, 15) is 4.79 Å². The molecule has 1 aromatic rings. The highest BCUT2D eigenvalue weighted by Gasteiger charge is 2.50. The van der Waals surface area contributed by atoms with Crippen LogP contribution in [0.4, 0.5) is 0 Å². The maximum absolute atomic E-state index is 11.7. The van der Waals surface area contributed by atoms with Crippen LogP contribution in [0.5, 0.6) is 5.75 Å². The topological polar surface area (TPSA) is 35.5 Å². The van der Waals surface area contributed by atoms with Gasteiger partial charge in [-0.05, 0) is 43.4 Å². The van der Waals surface area contributed by atoms with Crippen molar-refractivity contribution in [2.75, 3.05) is 14.2 Å². The van der Waals surface area contributed by atoms with Crippen molar-refractivity contribution >= 4 is 5.97 Å². The number of hydrogen-bond acceptors (Lipinski definition) is 3. The molecule has 0 radical (unpaired) electrons. The minimum Gasteiger partial charge on any atom is -0.496 e. The van der Waals surface area contributed by atoms with Crippen LogP contribution in [-0.4, -0.2) is 20.2 Å². The zero-order chi connectivity index (χ0) is 12.5. The van der Waals surface area contributed by atoms with Crippen LogP contribution in [-0.2, 0) is 16.0 Å². The van der Waals surface area contributed by atoms with Gasteiger partial charge in [0.2, 0.25) is 0 Å². The Labute approximate surface area is 102 Å². The number of esters is 1. The van der Waals surface area contributed by atoms with Crippen molar-refractivity contribution in [3.63, 3.8) is 0 Å². The Bertz CT molecular complexity index is 433. The minimum atomic E-state index is -0.254. The number of carbonyl (C=O) groups excluding carboxylic acids is 1. The maximum Gasteiger partial charge on any atom is 0.312 e. The Hall–Kier alpha value is -1.51. The number of ether oxygens (including phenoxy) is 2. The number of hydrogen-bond donors (Lipinski definition) is 0. The molecule has 17 heavy (non-hydrogen) atoms. The van der Waals surface area contributed by atoms with Crippen molar-refractivity contribution in [1.29, 1.82) is 0 Å². The van der Waals surface area contributed by atoms with E-state index in [1.165, 1.54) is 12.7 Å². The lowest BCUT2D eigenvalue weighted by Crippen LogP contribution is -2.20. The Morgan fingerprint density at radius 1 is 1.35 bits per heavy atom. The number of carbonyl (C=O) groups is 1. The van der Waals surface area contributed by atoms with Gasteiger partial charge in [0.15, 0.2) is 0 Å². The van der Waals surface area contributed by atoms with E-state index in [0.29, 0.717) is 0 Å². The highest BCUT2D eigenvalue weighted by atomic mass is 16.5. The molecule has 0 amide bonds. The monoisotopic (exact) mass is 234 g/mol. The van der Waals surface area contributed by atoms with Crippen molar-refractivity contribution in [2.45, 2.75) is 26.2 Å². The Morgan fingerprint density at radius 3 is 2.53 bits per heavy atom. The summed E-state index contributed by atoms with van der Waals surface area (Å²) in [6.07, 6.45) is 2.64. The van der Waals surface area contributed by atoms with Gasteiger partial charge in [-0.3, -0.25) is 4.79 Å². The molecule has 3 nitrogen and oxygen atoms in total. The van der Waals surface area contributed by atoms with Gasteiger partial charge in [0.1, 0.15) is 5.75 Å². The maximum atomic E-state index is 11.7. The van der Waals surface area contributed by atoms with Crippen molar-refractivity contribution in [2.24, 2.45) is 5.41 Å². The van der Waals surface area contributed by atoms with Crippen LogP contribution in [0.15, 0.2) is 18.2 Å². The summed E-state index contributed by atoms with van der Waals surface area (Å²) in [4.78, 5) is 11.7.